The third-order valence-corrected chi connectivity index (χ3v) is 3.83. The molecule has 0 atom stereocenters. The minimum Gasteiger partial charge on any atom is -0.478 e. The van der Waals surface area contributed by atoms with Crippen LogP contribution in [0.5, 0.6) is 0 Å². The van der Waals surface area contributed by atoms with Crippen LogP contribution in [-0.4, -0.2) is 28.9 Å². The number of carboxylic acids is 1. The lowest BCUT2D eigenvalue weighted by atomic mass is 10.2. The summed E-state index contributed by atoms with van der Waals surface area (Å²) >= 11 is 1.48. The van der Waals surface area contributed by atoms with Gasteiger partial charge < -0.3 is 14.4 Å². The van der Waals surface area contributed by atoms with Crippen LogP contribution in [0.2, 0.25) is 0 Å². The van der Waals surface area contributed by atoms with Crippen LogP contribution in [0.25, 0.3) is 6.08 Å². The van der Waals surface area contributed by atoms with Gasteiger partial charge in [-0.25, -0.2) is 4.79 Å². The number of hydrogen-bond donors (Lipinski definition) is 1. The quantitative estimate of drug-likeness (QED) is 0.862. The van der Waals surface area contributed by atoms with Crippen molar-refractivity contribution in [3.63, 3.8) is 0 Å². The molecule has 0 aromatic carbocycles. The molecule has 0 aliphatic heterocycles. The van der Waals surface area contributed by atoms with Gasteiger partial charge in [0.15, 0.2) is 5.76 Å². The monoisotopic (exact) mass is 305 g/mol. The van der Waals surface area contributed by atoms with Crippen molar-refractivity contribution in [2.45, 2.75) is 13.5 Å². The van der Waals surface area contributed by atoms with Crippen molar-refractivity contribution in [3.05, 3.63) is 51.6 Å². The molecule has 110 valence electrons. The van der Waals surface area contributed by atoms with Gasteiger partial charge >= 0.3 is 5.97 Å². The molecular formula is C15H15NO4S. The maximum atomic E-state index is 12.2. The summed E-state index contributed by atoms with van der Waals surface area (Å²) in [5.41, 5.74) is 1.62. The zero-order valence-electron chi connectivity index (χ0n) is 11.7. The van der Waals surface area contributed by atoms with Crippen LogP contribution >= 0.6 is 11.3 Å². The van der Waals surface area contributed by atoms with Crippen molar-refractivity contribution in [2.24, 2.45) is 0 Å². The molecular weight excluding hydrogens is 290 g/mol. The van der Waals surface area contributed by atoms with Gasteiger partial charge in [0.25, 0.3) is 5.91 Å². The fourth-order valence-electron chi connectivity index (χ4n) is 1.81. The number of carboxylic acid groups (broad SMARTS) is 1. The second-order valence-electron chi connectivity index (χ2n) is 4.61. The molecule has 6 heteroatoms. The van der Waals surface area contributed by atoms with Crippen molar-refractivity contribution in [2.75, 3.05) is 7.05 Å². The lowest BCUT2D eigenvalue weighted by Crippen LogP contribution is -2.25. The van der Waals surface area contributed by atoms with Crippen molar-refractivity contribution in [1.82, 2.24) is 4.90 Å². The Hall–Kier alpha value is -2.34. The number of aliphatic carboxylic acids is 1. The molecule has 0 radical (unpaired) electrons. The Labute approximate surface area is 126 Å². The summed E-state index contributed by atoms with van der Waals surface area (Å²) in [4.78, 5) is 25.2. The van der Waals surface area contributed by atoms with Crippen molar-refractivity contribution in [3.8, 4) is 0 Å². The summed E-state index contributed by atoms with van der Waals surface area (Å²) in [5, 5.41) is 10.4. The van der Waals surface area contributed by atoms with E-state index in [0.29, 0.717) is 12.3 Å². The van der Waals surface area contributed by atoms with Crippen LogP contribution < -0.4 is 0 Å². The highest BCUT2D eigenvalue weighted by Crippen LogP contribution is 2.19. The van der Waals surface area contributed by atoms with Gasteiger partial charge in [-0.15, -0.1) is 11.3 Å². The third-order valence-electron chi connectivity index (χ3n) is 2.89. The lowest BCUT2D eigenvalue weighted by Gasteiger charge is -2.14. The first-order valence-electron chi connectivity index (χ1n) is 6.25. The highest BCUT2D eigenvalue weighted by Gasteiger charge is 2.17. The molecule has 0 fully saturated rings. The van der Waals surface area contributed by atoms with Crippen LogP contribution in [0.15, 0.2) is 34.3 Å². The highest BCUT2D eigenvalue weighted by molar-refractivity contribution is 7.10. The summed E-state index contributed by atoms with van der Waals surface area (Å²) in [6.07, 6.45) is 4.12. The van der Waals surface area contributed by atoms with E-state index in [9.17, 15) is 9.59 Å². The van der Waals surface area contributed by atoms with E-state index < -0.39 is 5.97 Å². The molecule has 2 heterocycles. The van der Waals surface area contributed by atoms with Crippen molar-refractivity contribution >= 4 is 29.3 Å². The minimum atomic E-state index is -0.983. The Morgan fingerprint density at radius 2 is 2.24 bits per heavy atom. The van der Waals surface area contributed by atoms with E-state index in [1.165, 1.54) is 23.7 Å². The second-order valence-corrected chi connectivity index (χ2v) is 5.61. The Morgan fingerprint density at radius 3 is 2.86 bits per heavy atom. The van der Waals surface area contributed by atoms with Crippen LogP contribution in [0, 0.1) is 6.92 Å². The van der Waals surface area contributed by atoms with E-state index >= 15 is 0 Å². The predicted octanol–water partition coefficient (Wildman–Crippen LogP) is 3.02. The van der Waals surface area contributed by atoms with Crippen molar-refractivity contribution in [1.29, 1.82) is 0 Å². The molecule has 2 rings (SSSR count). The molecule has 5 nitrogen and oxygen atoms in total. The zero-order chi connectivity index (χ0) is 15.4. The number of nitrogens with zero attached hydrogens (tertiary/aromatic N) is 1. The van der Waals surface area contributed by atoms with Gasteiger partial charge in [0.1, 0.15) is 0 Å². The Balaban J connectivity index is 2.03. The van der Waals surface area contributed by atoms with E-state index in [1.807, 2.05) is 18.4 Å². The molecule has 21 heavy (non-hydrogen) atoms. The van der Waals surface area contributed by atoms with Gasteiger partial charge in [0.05, 0.1) is 12.8 Å². The van der Waals surface area contributed by atoms with Crippen LogP contribution in [0.1, 0.15) is 26.6 Å². The standard InChI is InChI=1S/C15H15NO4S/c1-10-5-6-20-14(10)15(19)16(2)8-12-7-11(9-21-12)3-4-13(17)18/h3-7,9H,8H2,1-2H3,(H,17,18). The number of thiophene rings is 1. The summed E-state index contributed by atoms with van der Waals surface area (Å²) in [6, 6.07) is 3.61. The van der Waals surface area contributed by atoms with Crippen LogP contribution in [0.3, 0.4) is 0 Å². The molecule has 1 N–H and O–H groups in total. The molecule has 0 spiro atoms. The van der Waals surface area contributed by atoms with E-state index in [1.54, 1.807) is 18.0 Å². The molecule has 2 aromatic heterocycles. The number of aryl methyl sites for hydroxylation is 1. The molecule has 1 amide bonds. The van der Waals surface area contributed by atoms with Gasteiger partial charge in [-0.3, -0.25) is 4.79 Å². The van der Waals surface area contributed by atoms with Gasteiger partial charge in [0.2, 0.25) is 0 Å². The summed E-state index contributed by atoms with van der Waals surface area (Å²) < 4.78 is 5.19. The van der Waals surface area contributed by atoms with E-state index in [4.69, 9.17) is 9.52 Å². The number of amides is 1. The third kappa shape index (κ3) is 3.82. The average molecular weight is 305 g/mol. The normalized spacial score (nSPS) is 11.0. The number of rotatable bonds is 5. The largest absolute Gasteiger partial charge is 0.478 e. The maximum Gasteiger partial charge on any atom is 0.328 e. The average Bonchev–Trinajstić information content (AvgIpc) is 3.04. The number of carbonyl (C=O) groups is 2. The first kappa shape index (κ1) is 15.1. The smallest absolute Gasteiger partial charge is 0.328 e. The molecule has 0 saturated carbocycles. The Morgan fingerprint density at radius 1 is 1.48 bits per heavy atom. The maximum absolute atomic E-state index is 12.2. The lowest BCUT2D eigenvalue weighted by molar-refractivity contribution is -0.131. The summed E-state index contributed by atoms with van der Waals surface area (Å²) in [7, 11) is 1.71. The zero-order valence-corrected chi connectivity index (χ0v) is 12.5. The van der Waals surface area contributed by atoms with E-state index in [-0.39, 0.29) is 5.91 Å². The van der Waals surface area contributed by atoms with Crippen molar-refractivity contribution < 1.29 is 19.1 Å². The highest BCUT2D eigenvalue weighted by atomic mass is 32.1. The molecule has 0 unspecified atom stereocenters. The molecule has 0 bridgehead atoms. The number of hydrogen-bond acceptors (Lipinski definition) is 4. The van der Waals surface area contributed by atoms with Crippen LogP contribution in [0.4, 0.5) is 0 Å². The Bertz CT molecular complexity index is 683. The SMILES string of the molecule is Cc1ccoc1C(=O)N(C)Cc1cc(C=CC(=O)O)cs1. The predicted molar refractivity (Wildman–Crippen MR) is 80.2 cm³/mol. The summed E-state index contributed by atoms with van der Waals surface area (Å²) in [5.74, 6) is -0.808. The first-order valence-corrected chi connectivity index (χ1v) is 7.13. The molecule has 2 aromatic rings. The fourth-order valence-corrected chi connectivity index (χ4v) is 2.71. The summed E-state index contributed by atoms with van der Waals surface area (Å²) in [6.45, 7) is 2.27. The number of furan rings is 1. The number of carbonyl (C=O) groups excluding carboxylic acids is 1. The molecule has 0 aliphatic rings. The second kappa shape index (κ2) is 6.41. The van der Waals surface area contributed by atoms with Gasteiger partial charge in [-0.1, -0.05) is 0 Å². The first-order chi connectivity index (χ1) is 9.97. The van der Waals surface area contributed by atoms with Gasteiger partial charge in [-0.2, -0.15) is 0 Å². The minimum absolute atomic E-state index is 0.173. The van der Waals surface area contributed by atoms with E-state index in [2.05, 4.69) is 0 Å². The molecule has 0 saturated heterocycles. The van der Waals surface area contributed by atoms with Gasteiger partial charge in [-0.05, 0) is 36.1 Å². The fraction of sp³-hybridized carbons (Fsp3) is 0.200. The topological polar surface area (TPSA) is 70.8 Å². The Kier molecular flexibility index (Phi) is 4.59. The molecule has 0 aliphatic carbocycles. The van der Waals surface area contributed by atoms with Crippen LogP contribution in [-0.2, 0) is 11.3 Å². The van der Waals surface area contributed by atoms with E-state index in [0.717, 1.165) is 22.1 Å². The van der Waals surface area contributed by atoms with Gasteiger partial charge in [0, 0.05) is 23.6 Å².